The Balaban J connectivity index is 0.00000306. The van der Waals surface area contributed by atoms with Crippen LogP contribution in [0.4, 0.5) is 0 Å². The molecule has 0 fully saturated rings. The predicted octanol–water partition coefficient (Wildman–Crippen LogP) is 3.99. The van der Waals surface area contributed by atoms with Gasteiger partial charge in [-0.2, -0.15) is 5.26 Å². The molecule has 0 saturated heterocycles. The fourth-order valence-electron chi connectivity index (χ4n) is 3.36. The molecular weight excluding hydrogens is 404 g/mol. The van der Waals surface area contributed by atoms with Gasteiger partial charge in [-0.25, -0.2) is 4.98 Å². The van der Waals surface area contributed by atoms with Crippen molar-refractivity contribution in [1.82, 2.24) is 25.0 Å². The minimum absolute atomic E-state index is 0. The number of benzene rings is 1. The highest BCUT2D eigenvalue weighted by atomic mass is 16.5. The summed E-state index contributed by atoms with van der Waals surface area (Å²) in [6.45, 7) is 4.31. The van der Waals surface area contributed by atoms with Crippen molar-refractivity contribution >= 4 is 0 Å². The zero-order valence-corrected chi connectivity index (χ0v) is 18.0. The molecule has 1 atom stereocenters. The first-order valence-corrected chi connectivity index (χ1v) is 10.2. The predicted molar refractivity (Wildman–Crippen MR) is 123 cm³/mol. The van der Waals surface area contributed by atoms with E-state index in [9.17, 15) is 10.1 Å². The number of aryl methyl sites for hydroxylation is 1. The first kappa shape index (κ1) is 21.2. The fraction of sp³-hybridized carbons (Fsp3) is 0.208. The van der Waals surface area contributed by atoms with Crippen molar-refractivity contribution in [3.05, 3.63) is 76.5 Å². The first-order valence-electron chi connectivity index (χ1n) is 10.2. The Morgan fingerprint density at radius 2 is 1.94 bits per heavy atom. The lowest BCUT2D eigenvalue weighted by Crippen LogP contribution is -2.21. The Morgan fingerprint density at radius 3 is 2.66 bits per heavy atom. The van der Waals surface area contributed by atoms with Crippen LogP contribution in [-0.2, 0) is 6.54 Å². The van der Waals surface area contributed by atoms with Gasteiger partial charge in [-0.05, 0) is 32.5 Å². The summed E-state index contributed by atoms with van der Waals surface area (Å²) in [5.74, 6) is 0.505. The lowest BCUT2D eigenvalue weighted by atomic mass is 10.1. The second kappa shape index (κ2) is 8.96. The lowest BCUT2D eigenvalue weighted by Gasteiger charge is -2.10. The van der Waals surface area contributed by atoms with E-state index in [1.165, 1.54) is 16.2 Å². The van der Waals surface area contributed by atoms with Crippen LogP contribution >= 0.6 is 0 Å². The van der Waals surface area contributed by atoms with Crippen molar-refractivity contribution in [2.24, 2.45) is 0 Å². The smallest absolute Gasteiger partial charge is 0.251 e. The number of hydrogen-bond donors (Lipinski definition) is 1. The van der Waals surface area contributed by atoms with E-state index in [1.54, 1.807) is 25.4 Å². The summed E-state index contributed by atoms with van der Waals surface area (Å²) in [5.41, 5.74) is 5.10. The highest BCUT2D eigenvalue weighted by Crippen LogP contribution is 2.28. The Kier molecular flexibility index (Phi) is 5.92. The Bertz CT molecular complexity index is 1350. The molecule has 3 heterocycles. The van der Waals surface area contributed by atoms with Gasteiger partial charge in [0.15, 0.2) is 5.76 Å². The van der Waals surface area contributed by atoms with Crippen molar-refractivity contribution in [2.45, 2.75) is 26.4 Å². The van der Waals surface area contributed by atoms with E-state index in [4.69, 9.17) is 9.51 Å². The van der Waals surface area contributed by atoms with Gasteiger partial charge in [0.05, 0.1) is 23.7 Å². The van der Waals surface area contributed by atoms with Crippen LogP contribution in [0, 0.1) is 18.3 Å². The average Bonchev–Trinajstić information content (AvgIpc) is 3.30. The molecule has 8 nitrogen and oxygen atoms in total. The molecular formula is C24H24N6O2. The van der Waals surface area contributed by atoms with E-state index in [1.807, 2.05) is 44.3 Å². The summed E-state index contributed by atoms with van der Waals surface area (Å²) in [7, 11) is 1.91. The van der Waals surface area contributed by atoms with E-state index >= 15 is 0 Å². The molecule has 0 bridgehead atoms. The monoisotopic (exact) mass is 428 g/mol. The molecule has 0 aliphatic rings. The largest absolute Gasteiger partial charge is 0.354 e. The van der Waals surface area contributed by atoms with Gasteiger partial charge in [-0.3, -0.25) is 14.3 Å². The third kappa shape index (κ3) is 4.19. The third-order valence-corrected chi connectivity index (χ3v) is 5.17. The molecule has 4 aromatic rings. The van der Waals surface area contributed by atoms with Gasteiger partial charge in [-0.15, -0.1) is 0 Å². The number of hydrogen-bond acceptors (Lipinski definition) is 7. The molecule has 0 radical (unpaired) electrons. The van der Waals surface area contributed by atoms with Gasteiger partial charge in [0.25, 0.3) is 5.56 Å². The number of nitrogens with one attached hydrogen (secondary N) is 1. The molecule has 162 valence electrons. The number of nitrogens with zero attached hydrogens (tertiary/aromatic N) is 5. The molecule has 8 heteroatoms. The quantitative estimate of drug-likeness (QED) is 0.494. The maximum absolute atomic E-state index is 12.1. The van der Waals surface area contributed by atoms with E-state index in [0.29, 0.717) is 34.1 Å². The summed E-state index contributed by atoms with van der Waals surface area (Å²) >= 11 is 0. The second-order valence-corrected chi connectivity index (χ2v) is 7.46. The van der Waals surface area contributed by atoms with Crippen LogP contribution in [0.3, 0.4) is 0 Å². The zero-order chi connectivity index (χ0) is 22.7. The van der Waals surface area contributed by atoms with Crippen molar-refractivity contribution in [3.63, 3.8) is 0 Å². The van der Waals surface area contributed by atoms with Gasteiger partial charge >= 0.3 is 0 Å². The van der Waals surface area contributed by atoms with E-state index in [-0.39, 0.29) is 6.99 Å². The summed E-state index contributed by atoms with van der Waals surface area (Å²) < 4.78 is 6.97. The van der Waals surface area contributed by atoms with Crippen LogP contribution in [0.2, 0.25) is 0 Å². The molecule has 1 aromatic carbocycles. The lowest BCUT2D eigenvalue weighted by molar-refractivity contribution is 0.433. The van der Waals surface area contributed by atoms with Crippen molar-refractivity contribution in [2.75, 3.05) is 7.05 Å². The van der Waals surface area contributed by atoms with Gasteiger partial charge in [-0.1, -0.05) is 29.4 Å². The van der Waals surface area contributed by atoms with Crippen LogP contribution in [0.25, 0.3) is 34.0 Å². The van der Waals surface area contributed by atoms with Crippen LogP contribution in [0.1, 0.15) is 25.6 Å². The number of nitriles is 1. The maximum Gasteiger partial charge on any atom is 0.251 e. The topological polar surface area (TPSA) is 110 Å². The van der Waals surface area contributed by atoms with Crippen LogP contribution in [0.15, 0.2) is 64.2 Å². The van der Waals surface area contributed by atoms with Gasteiger partial charge in [0.2, 0.25) is 0 Å². The molecule has 1 unspecified atom stereocenters. The standard InChI is InChI=1S/C24H22N6O2.H2/c1-15(11-25)30-14-19(8-9-23(30)31)21-13-27-16(2)24(28-21)22-10-20(29-32-22)18-6-4-17(5-7-18)12-26-3;/h4-10,13-15,26H,12H2,1-3H3;1H. The van der Waals surface area contributed by atoms with Crippen molar-refractivity contribution in [3.8, 4) is 40.0 Å². The molecule has 0 saturated carbocycles. The molecule has 32 heavy (non-hydrogen) atoms. The molecule has 1 N–H and O–H groups in total. The molecule has 0 aliphatic heterocycles. The van der Waals surface area contributed by atoms with Gasteiger partial charge in [0, 0.05) is 37.4 Å². The highest BCUT2D eigenvalue weighted by molar-refractivity contribution is 5.68. The zero-order valence-electron chi connectivity index (χ0n) is 18.0. The van der Waals surface area contributed by atoms with Crippen LogP contribution < -0.4 is 10.9 Å². The molecule has 4 rings (SSSR count). The van der Waals surface area contributed by atoms with Crippen molar-refractivity contribution in [1.29, 1.82) is 5.26 Å². The third-order valence-electron chi connectivity index (χ3n) is 5.17. The molecule has 0 aliphatic carbocycles. The summed E-state index contributed by atoms with van der Waals surface area (Å²) in [4.78, 5) is 21.3. The Morgan fingerprint density at radius 1 is 1.19 bits per heavy atom. The second-order valence-electron chi connectivity index (χ2n) is 7.46. The average molecular weight is 428 g/mol. The van der Waals surface area contributed by atoms with Crippen LogP contribution in [0.5, 0.6) is 0 Å². The normalized spacial score (nSPS) is 11.8. The summed E-state index contributed by atoms with van der Waals surface area (Å²) in [6, 6.07) is 14.5. The summed E-state index contributed by atoms with van der Waals surface area (Å²) in [5, 5.41) is 16.5. The maximum atomic E-state index is 12.1. The first-order chi connectivity index (χ1) is 15.5. The van der Waals surface area contributed by atoms with E-state index < -0.39 is 6.04 Å². The summed E-state index contributed by atoms with van der Waals surface area (Å²) in [6.07, 6.45) is 3.26. The SMILES string of the molecule is CNCc1ccc(-c2cc(-c3nc(-c4ccc(=O)n(C(C)C#N)c4)cnc3C)on2)cc1.[HH]. The minimum Gasteiger partial charge on any atom is -0.354 e. The van der Waals surface area contributed by atoms with Crippen molar-refractivity contribution < 1.29 is 5.95 Å². The molecule has 0 amide bonds. The van der Waals surface area contributed by atoms with E-state index in [2.05, 4.69) is 21.5 Å². The number of aromatic nitrogens is 4. The Hall–Kier alpha value is -4.09. The minimum atomic E-state index is -0.586. The highest BCUT2D eigenvalue weighted by Gasteiger charge is 2.16. The van der Waals surface area contributed by atoms with Gasteiger partial charge in [0.1, 0.15) is 17.4 Å². The van der Waals surface area contributed by atoms with E-state index in [0.717, 1.165) is 12.1 Å². The van der Waals surface area contributed by atoms with Crippen LogP contribution in [-0.4, -0.2) is 26.7 Å². The fourth-order valence-corrected chi connectivity index (χ4v) is 3.36. The number of pyridine rings is 1. The van der Waals surface area contributed by atoms with Gasteiger partial charge < -0.3 is 9.84 Å². The molecule has 0 spiro atoms. The number of rotatable bonds is 6. The Labute approximate surface area is 186 Å². The molecule has 3 aromatic heterocycles.